The van der Waals surface area contributed by atoms with Crippen LogP contribution in [0.25, 0.3) is 22.3 Å². The van der Waals surface area contributed by atoms with E-state index in [4.69, 9.17) is 4.98 Å². The van der Waals surface area contributed by atoms with Gasteiger partial charge in [-0.3, -0.25) is 9.88 Å². The highest BCUT2D eigenvalue weighted by atomic mass is 15.1. The van der Waals surface area contributed by atoms with Crippen LogP contribution in [0.15, 0.2) is 55.0 Å². The molecule has 5 heteroatoms. The zero-order chi connectivity index (χ0) is 18.2. The van der Waals surface area contributed by atoms with Gasteiger partial charge in [0, 0.05) is 60.4 Å². The minimum absolute atomic E-state index is 0.756. The van der Waals surface area contributed by atoms with Crippen molar-refractivity contribution in [1.29, 1.82) is 0 Å². The summed E-state index contributed by atoms with van der Waals surface area (Å²) in [6, 6.07) is 12.5. The van der Waals surface area contributed by atoms with Crippen molar-refractivity contribution in [3.05, 3.63) is 77.5 Å². The number of hydrogen-bond donors (Lipinski definition) is 1. The van der Waals surface area contributed by atoms with Crippen LogP contribution in [0.3, 0.4) is 0 Å². The van der Waals surface area contributed by atoms with E-state index >= 15 is 0 Å². The molecule has 0 bridgehead atoms. The number of rotatable bonds is 3. The van der Waals surface area contributed by atoms with Gasteiger partial charge in [0.05, 0.1) is 5.69 Å². The number of aromatic nitrogens is 4. The molecule has 134 valence electrons. The molecular weight excluding hydrogens is 334 g/mol. The number of aromatic amines is 1. The van der Waals surface area contributed by atoms with E-state index in [9.17, 15) is 0 Å². The SMILES string of the molecule is Cc1[nH]c2ccccc2c1CN1CCc2cnc(-c3cccnc3)nc2C1. The molecule has 27 heavy (non-hydrogen) atoms. The number of fused-ring (bicyclic) bond motifs is 2. The van der Waals surface area contributed by atoms with E-state index < -0.39 is 0 Å². The highest BCUT2D eigenvalue weighted by molar-refractivity contribution is 5.84. The number of aryl methyl sites for hydroxylation is 1. The van der Waals surface area contributed by atoms with Gasteiger partial charge in [0.2, 0.25) is 0 Å². The Hall–Kier alpha value is -3.05. The zero-order valence-corrected chi connectivity index (χ0v) is 15.3. The molecule has 1 aliphatic rings. The zero-order valence-electron chi connectivity index (χ0n) is 15.3. The predicted molar refractivity (Wildman–Crippen MR) is 106 cm³/mol. The first-order valence-corrected chi connectivity index (χ1v) is 9.31. The average molecular weight is 355 g/mol. The second-order valence-electron chi connectivity index (χ2n) is 7.14. The quantitative estimate of drug-likeness (QED) is 0.606. The van der Waals surface area contributed by atoms with Crippen LogP contribution in [0.1, 0.15) is 22.5 Å². The minimum atomic E-state index is 0.756. The van der Waals surface area contributed by atoms with Gasteiger partial charge in [-0.25, -0.2) is 9.97 Å². The summed E-state index contributed by atoms with van der Waals surface area (Å²) < 4.78 is 0. The first-order chi connectivity index (χ1) is 13.3. The fourth-order valence-electron chi connectivity index (χ4n) is 3.89. The summed E-state index contributed by atoms with van der Waals surface area (Å²) in [5.74, 6) is 0.756. The molecule has 0 saturated carbocycles. The van der Waals surface area contributed by atoms with Crippen molar-refractivity contribution < 1.29 is 0 Å². The van der Waals surface area contributed by atoms with E-state index in [-0.39, 0.29) is 0 Å². The second-order valence-corrected chi connectivity index (χ2v) is 7.14. The van der Waals surface area contributed by atoms with Crippen LogP contribution >= 0.6 is 0 Å². The van der Waals surface area contributed by atoms with Crippen LogP contribution in [0.4, 0.5) is 0 Å². The molecule has 0 unspecified atom stereocenters. The fourth-order valence-corrected chi connectivity index (χ4v) is 3.89. The van der Waals surface area contributed by atoms with E-state index in [1.165, 1.54) is 27.7 Å². The molecule has 5 rings (SSSR count). The van der Waals surface area contributed by atoms with Crippen molar-refractivity contribution in [1.82, 2.24) is 24.8 Å². The molecule has 0 spiro atoms. The van der Waals surface area contributed by atoms with Gasteiger partial charge in [0.25, 0.3) is 0 Å². The first-order valence-electron chi connectivity index (χ1n) is 9.31. The van der Waals surface area contributed by atoms with Crippen LogP contribution in [0, 0.1) is 6.92 Å². The maximum absolute atomic E-state index is 4.85. The van der Waals surface area contributed by atoms with E-state index in [2.05, 4.69) is 51.0 Å². The number of para-hydroxylation sites is 1. The van der Waals surface area contributed by atoms with Gasteiger partial charge in [-0.15, -0.1) is 0 Å². The molecular formula is C22H21N5. The summed E-state index contributed by atoms with van der Waals surface area (Å²) in [6.45, 7) is 4.98. The Morgan fingerprint density at radius 3 is 2.93 bits per heavy atom. The molecule has 0 atom stereocenters. The lowest BCUT2D eigenvalue weighted by atomic mass is 10.0. The third kappa shape index (κ3) is 3.00. The monoisotopic (exact) mass is 355 g/mol. The maximum atomic E-state index is 4.85. The summed E-state index contributed by atoms with van der Waals surface area (Å²) in [6.07, 6.45) is 6.56. The van der Waals surface area contributed by atoms with E-state index in [1.54, 1.807) is 6.20 Å². The summed E-state index contributed by atoms with van der Waals surface area (Å²) in [7, 11) is 0. The van der Waals surface area contributed by atoms with Crippen molar-refractivity contribution in [2.45, 2.75) is 26.4 Å². The van der Waals surface area contributed by atoms with E-state index in [1.807, 2.05) is 24.5 Å². The topological polar surface area (TPSA) is 57.7 Å². The molecule has 0 aliphatic carbocycles. The summed E-state index contributed by atoms with van der Waals surface area (Å²) in [4.78, 5) is 19.6. The lowest BCUT2D eigenvalue weighted by Gasteiger charge is -2.28. The second kappa shape index (κ2) is 6.59. The third-order valence-corrected chi connectivity index (χ3v) is 5.35. The lowest BCUT2D eigenvalue weighted by Crippen LogP contribution is -2.31. The van der Waals surface area contributed by atoms with Crippen LogP contribution < -0.4 is 0 Å². The first kappa shape index (κ1) is 16.1. The molecule has 0 fully saturated rings. The number of H-pyrrole nitrogens is 1. The van der Waals surface area contributed by atoms with Gasteiger partial charge in [-0.2, -0.15) is 0 Å². The molecule has 4 heterocycles. The normalized spacial score (nSPS) is 14.4. The Morgan fingerprint density at radius 1 is 1.11 bits per heavy atom. The standard InChI is InChI=1S/C22H21N5/c1-15-19(18-6-2-3-7-20(18)25-15)13-27-10-8-16-12-24-22(26-21(16)14-27)17-5-4-9-23-11-17/h2-7,9,11-12,25H,8,10,13-14H2,1H3. The Kier molecular flexibility index (Phi) is 3.94. The average Bonchev–Trinajstić information content (AvgIpc) is 3.03. The Bertz CT molecular complexity index is 1100. The smallest absolute Gasteiger partial charge is 0.160 e. The minimum Gasteiger partial charge on any atom is -0.358 e. The van der Waals surface area contributed by atoms with E-state index in [0.717, 1.165) is 43.1 Å². The largest absolute Gasteiger partial charge is 0.358 e. The molecule has 5 nitrogen and oxygen atoms in total. The van der Waals surface area contributed by atoms with Gasteiger partial charge >= 0.3 is 0 Å². The molecule has 0 radical (unpaired) electrons. The summed E-state index contributed by atoms with van der Waals surface area (Å²) in [5, 5.41) is 1.32. The predicted octanol–water partition coefficient (Wildman–Crippen LogP) is 3.89. The molecule has 1 N–H and O–H groups in total. The molecule has 1 aliphatic heterocycles. The molecule has 4 aromatic rings. The van der Waals surface area contributed by atoms with Crippen molar-refractivity contribution in [3.63, 3.8) is 0 Å². The summed E-state index contributed by atoms with van der Waals surface area (Å²) >= 11 is 0. The number of hydrogen-bond acceptors (Lipinski definition) is 4. The van der Waals surface area contributed by atoms with Gasteiger partial charge in [-0.1, -0.05) is 18.2 Å². The number of pyridine rings is 1. The summed E-state index contributed by atoms with van der Waals surface area (Å²) in [5.41, 5.74) is 7.20. The molecule has 0 saturated heterocycles. The van der Waals surface area contributed by atoms with Gasteiger partial charge in [-0.05, 0) is 42.7 Å². The van der Waals surface area contributed by atoms with Crippen LogP contribution in [-0.2, 0) is 19.5 Å². The van der Waals surface area contributed by atoms with Crippen molar-refractivity contribution in [2.24, 2.45) is 0 Å². The lowest BCUT2D eigenvalue weighted by molar-refractivity contribution is 0.241. The highest BCUT2D eigenvalue weighted by Gasteiger charge is 2.21. The number of nitrogens with zero attached hydrogens (tertiary/aromatic N) is 4. The molecule has 3 aromatic heterocycles. The number of benzene rings is 1. The van der Waals surface area contributed by atoms with E-state index in [0.29, 0.717) is 0 Å². The Morgan fingerprint density at radius 2 is 2.04 bits per heavy atom. The van der Waals surface area contributed by atoms with Gasteiger partial charge < -0.3 is 4.98 Å². The highest BCUT2D eigenvalue weighted by Crippen LogP contribution is 2.26. The third-order valence-electron chi connectivity index (χ3n) is 5.35. The van der Waals surface area contributed by atoms with Crippen molar-refractivity contribution in [3.8, 4) is 11.4 Å². The van der Waals surface area contributed by atoms with Gasteiger partial charge in [0.15, 0.2) is 5.82 Å². The van der Waals surface area contributed by atoms with Gasteiger partial charge in [0.1, 0.15) is 0 Å². The molecule has 0 amide bonds. The Balaban J connectivity index is 1.43. The number of nitrogens with one attached hydrogen (secondary N) is 1. The van der Waals surface area contributed by atoms with Crippen molar-refractivity contribution in [2.75, 3.05) is 6.54 Å². The van der Waals surface area contributed by atoms with Crippen molar-refractivity contribution >= 4 is 10.9 Å². The molecule has 1 aromatic carbocycles. The fraction of sp³-hybridized carbons (Fsp3) is 0.227. The van der Waals surface area contributed by atoms with Crippen LogP contribution in [0.2, 0.25) is 0 Å². The van der Waals surface area contributed by atoms with Crippen LogP contribution in [0.5, 0.6) is 0 Å². The van der Waals surface area contributed by atoms with Crippen LogP contribution in [-0.4, -0.2) is 31.4 Å². The Labute approximate surface area is 158 Å². The maximum Gasteiger partial charge on any atom is 0.160 e.